The van der Waals surface area contributed by atoms with Crippen molar-refractivity contribution in [2.24, 2.45) is 0 Å². The molecule has 3 aromatic rings. The van der Waals surface area contributed by atoms with Gasteiger partial charge in [0.25, 0.3) is 0 Å². The van der Waals surface area contributed by atoms with Gasteiger partial charge in [0.2, 0.25) is 5.82 Å². The fourth-order valence-corrected chi connectivity index (χ4v) is 1.41. The maximum absolute atomic E-state index is 12.8. The van der Waals surface area contributed by atoms with Crippen molar-refractivity contribution in [2.45, 2.75) is 6.92 Å². The topological polar surface area (TPSA) is 77.8 Å². The zero-order valence-corrected chi connectivity index (χ0v) is 9.29. The Morgan fingerprint density at radius 1 is 0.944 bits per heavy atom. The van der Waals surface area contributed by atoms with Gasteiger partial charge in [-0.15, -0.1) is 0 Å². The van der Waals surface area contributed by atoms with Crippen LogP contribution in [0.3, 0.4) is 0 Å². The summed E-state index contributed by atoms with van der Waals surface area (Å²) in [5, 5.41) is 7.39. The molecule has 0 aliphatic rings. The molecule has 18 heavy (non-hydrogen) atoms. The lowest BCUT2D eigenvalue weighted by atomic mass is 10.2. The number of rotatable bonds is 2. The fourth-order valence-electron chi connectivity index (χ4n) is 1.41. The molecule has 0 saturated carbocycles. The summed E-state index contributed by atoms with van der Waals surface area (Å²) in [6.45, 7) is 1.68. The number of hydrogen-bond donors (Lipinski definition) is 0. The van der Waals surface area contributed by atoms with Crippen molar-refractivity contribution in [1.82, 2.24) is 20.3 Å². The molecule has 0 atom stereocenters. The van der Waals surface area contributed by atoms with Crippen LogP contribution in [0.25, 0.3) is 23.2 Å². The molecule has 2 aromatic heterocycles. The van der Waals surface area contributed by atoms with Crippen LogP contribution < -0.4 is 0 Å². The fraction of sp³-hybridized carbons (Fsp3) is 0.0909. The van der Waals surface area contributed by atoms with Gasteiger partial charge in [0.05, 0.1) is 0 Å². The van der Waals surface area contributed by atoms with Crippen LogP contribution in [-0.2, 0) is 0 Å². The lowest BCUT2D eigenvalue weighted by molar-refractivity contribution is 0.381. The molecule has 7 heteroatoms. The van der Waals surface area contributed by atoms with Crippen LogP contribution in [0, 0.1) is 12.7 Å². The predicted molar refractivity (Wildman–Crippen MR) is 57.7 cm³/mol. The van der Waals surface area contributed by atoms with E-state index < -0.39 is 0 Å². The highest BCUT2D eigenvalue weighted by Gasteiger charge is 2.15. The zero-order valence-electron chi connectivity index (χ0n) is 9.29. The Morgan fingerprint density at radius 2 is 1.61 bits per heavy atom. The Morgan fingerprint density at radius 3 is 2.28 bits per heavy atom. The van der Waals surface area contributed by atoms with Gasteiger partial charge in [-0.25, -0.2) is 4.39 Å². The number of aromatic nitrogens is 4. The molecule has 0 radical (unpaired) electrons. The smallest absolute Gasteiger partial charge is 0.316 e. The summed E-state index contributed by atoms with van der Waals surface area (Å²) in [7, 11) is 0. The molecule has 0 saturated heterocycles. The van der Waals surface area contributed by atoms with E-state index in [1.807, 2.05) is 0 Å². The molecular formula is C11H7FN4O2. The molecule has 0 spiro atoms. The molecule has 0 unspecified atom stereocenters. The minimum Gasteiger partial charge on any atom is -0.329 e. The van der Waals surface area contributed by atoms with Crippen LogP contribution in [0.1, 0.15) is 5.82 Å². The highest BCUT2D eigenvalue weighted by atomic mass is 19.1. The maximum atomic E-state index is 12.8. The Balaban J connectivity index is 1.96. The Bertz CT molecular complexity index is 674. The van der Waals surface area contributed by atoms with Crippen molar-refractivity contribution >= 4 is 0 Å². The summed E-state index contributed by atoms with van der Waals surface area (Å²) in [5.74, 6) is 0.783. The molecule has 6 nitrogen and oxygen atoms in total. The minimum absolute atomic E-state index is 0.134. The molecular weight excluding hydrogens is 239 g/mol. The summed E-state index contributed by atoms with van der Waals surface area (Å²) in [4.78, 5) is 8.07. The van der Waals surface area contributed by atoms with Crippen LogP contribution in [0.15, 0.2) is 33.3 Å². The quantitative estimate of drug-likeness (QED) is 0.690. The van der Waals surface area contributed by atoms with E-state index in [0.29, 0.717) is 17.2 Å². The van der Waals surface area contributed by atoms with Gasteiger partial charge in [-0.1, -0.05) is 10.3 Å². The summed E-state index contributed by atoms with van der Waals surface area (Å²) in [5.41, 5.74) is 0.641. The van der Waals surface area contributed by atoms with Crippen molar-refractivity contribution in [3.63, 3.8) is 0 Å². The lowest BCUT2D eigenvalue weighted by Gasteiger charge is -1.92. The van der Waals surface area contributed by atoms with E-state index in [1.165, 1.54) is 12.1 Å². The molecule has 0 bridgehead atoms. The van der Waals surface area contributed by atoms with Gasteiger partial charge in [-0.2, -0.15) is 9.97 Å². The number of halogens is 1. The highest BCUT2D eigenvalue weighted by molar-refractivity contribution is 5.56. The number of hydrogen-bond acceptors (Lipinski definition) is 6. The summed E-state index contributed by atoms with van der Waals surface area (Å²) in [6, 6.07) is 5.76. The largest absolute Gasteiger partial charge is 0.329 e. The first-order valence-corrected chi connectivity index (χ1v) is 5.13. The van der Waals surface area contributed by atoms with Crippen LogP contribution in [-0.4, -0.2) is 20.3 Å². The molecule has 3 rings (SSSR count). The van der Waals surface area contributed by atoms with E-state index in [1.54, 1.807) is 19.1 Å². The average molecular weight is 246 g/mol. The zero-order chi connectivity index (χ0) is 12.5. The van der Waals surface area contributed by atoms with E-state index in [4.69, 9.17) is 9.05 Å². The third-order valence-electron chi connectivity index (χ3n) is 2.24. The second-order valence-electron chi connectivity index (χ2n) is 3.58. The minimum atomic E-state index is -0.324. The summed E-state index contributed by atoms with van der Waals surface area (Å²) < 4.78 is 22.7. The van der Waals surface area contributed by atoms with Gasteiger partial charge in [0.15, 0.2) is 5.82 Å². The Kier molecular flexibility index (Phi) is 2.36. The van der Waals surface area contributed by atoms with Crippen molar-refractivity contribution in [3.8, 4) is 23.2 Å². The Hall–Kier alpha value is -2.57. The first-order chi connectivity index (χ1) is 8.72. The average Bonchev–Trinajstić information content (AvgIpc) is 2.98. The van der Waals surface area contributed by atoms with Gasteiger partial charge in [0.1, 0.15) is 5.82 Å². The SMILES string of the molecule is Cc1noc(-c2nc(-c3ccc(F)cc3)no2)n1. The van der Waals surface area contributed by atoms with Gasteiger partial charge in [0, 0.05) is 5.56 Å². The lowest BCUT2D eigenvalue weighted by Crippen LogP contribution is -1.82. The molecule has 2 heterocycles. The second kappa shape index (κ2) is 4.02. The van der Waals surface area contributed by atoms with Crippen molar-refractivity contribution in [1.29, 1.82) is 0 Å². The van der Waals surface area contributed by atoms with E-state index in [-0.39, 0.29) is 17.6 Å². The van der Waals surface area contributed by atoms with Crippen LogP contribution in [0.2, 0.25) is 0 Å². The third kappa shape index (κ3) is 1.86. The van der Waals surface area contributed by atoms with Crippen LogP contribution in [0.4, 0.5) is 4.39 Å². The monoisotopic (exact) mass is 246 g/mol. The second-order valence-corrected chi connectivity index (χ2v) is 3.58. The first-order valence-electron chi connectivity index (χ1n) is 5.13. The van der Waals surface area contributed by atoms with E-state index >= 15 is 0 Å². The first kappa shape index (κ1) is 10.6. The summed E-state index contributed by atoms with van der Waals surface area (Å²) in [6.07, 6.45) is 0. The van der Waals surface area contributed by atoms with E-state index in [9.17, 15) is 4.39 Å². The molecule has 90 valence electrons. The molecule has 1 aromatic carbocycles. The summed E-state index contributed by atoms with van der Waals surface area (Å²) >= 11 is 0. The van der Waals surface area contributed by atoms with Gasteiger partial charge >= 0.3 is 11.8 Å². The standard InChI is InChI=1S/C11H7FN4O2/c1-6-13-10(17-15-6)11-14-9(16-18-11)7-2-4-8(12)5-3-7/h2-5H,1H3. The van der Waals surface area contributed by atoms with Crippen molar-refractivity contribution in [3.05, 3.63) is 35.9 Å². The van der Waals surface area contributed by atoms with Gasteiger partial charge in [-0.05, 0) is 31.2 Å². The molecule has 0 aliphatic heterocycles. The van der Waals surface area contributed by atoms with Crippen molar-refractivity contribution < 1.29 is 13.4 Å². The van der Waals surface area contributed by atoms with E-state index in [0.717, 1.165) is 0 Å². The Labute approximate surface area is 100 Å². The normalized spacial score (nSPS) is 10.8. The van der Waals surface area contributed by atoms with Gasteiger partial charge in [-0.3, -0.25) is 0 Å². The van der Waals surface area contributed by atoms with E-state index in [2.05, 4.69) is 20.3 Å². The predicted octanol–water partition coefficient (Wildman–Crippen LogP) is 2.23. The molecule has 0 amide bonds. The number of benzene rings is 1. The van der Waals surface area contributed by atoms with Crippen molar-refractivity contribution in [2.75, 3.05) is 0 Å². The molecule has 0 fully saturated rings. The maximum Gasteiger partial charge on any atom is 0.316 e. The number of aryl methyl sites for hydroxylation is 1. The highest BCUT2D eigenvalue weighted by Crippen LogP contribution is 2.20. The van der Waals surface area contributed by atoms with Crippen LogP contribution >= 0.6 is 0 Å². The third-order valence-corrected chi connectivity index (χ3v) is 2.24. The van der Waals surface area contributed by atoms with Crippen LogP contribution in [0.5, 0.6) is 0 Å². The number of nitrogens with zero attached hydrogens (tertiary/aromatic N) is 4. The molecule has 0 aliphatic carbocycles. The van der Waals surface area contributed by atoms with Gasteiger partial charge < -0.3 is 9.05 Å². The molecule has 0 N–H and O–H groups in total.